The average Bonchev–Trinajstić information content (AvgIpc) is 3.08. The van der Waals surface area contributed by atoms with Gasteiger partial charge in [-0.3, -0.25) is 25.1 Å². The second-order valence-electron chi connectivity index (χ2n) is 7.00. The van der Waals surface area contributed by atoms with Gasteiger partial charge in [0.15, 0.2) is 0 Å². The van der Waals surface area contributed by atoms with Crippen LogP contribution in [0.25, 0.3) is 6.08 Å². The van der Waals surface area contributed by atoms with Crippen LogP contribution in [-0.2, 0) is 16.2 Å². The van der Waals surface area contributed by atoms with E-state index >= 15 is 0 Å². The Morgan fingerprint density at radius 1 is 1.00 bits per heavy atom. The summed E-state index contributed by atoms with van der Waals surface area (Å²) in [6, 6.07) is 18.7. The van der Waals surface area contributed by atoms with Crippen molar-refractivity contribution < 1.29 is 19.2 Å². The van der Waals surface area contributed by atoms with Crippen LogP contribution < -0.4 is 15.2 Å². The van der Waals surface area contributed by atoms with Gasteiger partial charge in [0.25, 0.3) is 17.5 Å². The van der Waals surface area contributed by atoms with Gasteiger partial charge in [-0.2, -0.15) is 0 Å². The Balaban J connectivity index is 1.52. The predicted octanol–water partition coefficient (Wildman–Crippen LogP) is 4.84. The molecule has 1 saturated heterocycles. The van der Waals surface area contributed by atoms with E-state index in [1.54, 1.807) is 42.5 Å². The fourth-order valence-electron chi connectivity index (χ4n) is 3.15. The summed E-state index contributed by atoms with van der Waals surface area (Å²) >= 11 is 4.27. The van der Waals surface area contributed by atoms with Crippen LogP contribution in [0.15, 0.2) is 72.3 Å². The van der Waals surface area contributed by atoms with Gasteiger partial charge in [0.2, 0.25) is 0 Å². The van der Waals surface area contributed by atoms with E-state index in [0.29, 0.717) is 17.0 Å². The fraction of sp³-hybridized carbons (Fsp3) is 0.0435. The van der Waals surface area contributed by atoms with Crippen molar-refractivity contribution in [3.05, 3.63) is 101 Å². The third-order valence-corrected chi connectivity index (χ3v) is 6.37. The molecular weight excluding hydrogens is 652 g/mol. The number of ether oxygens (including phenoxy) is 1. The van der Waals surface area contributed by atoms with Crippen molar-refractivity contribution in [3.63, 3.8) is 0 Å². The minimum absolute atomic E-state index is 0.0247. The molecule has 1 N–H and O–H groups in total. The number of hydrogen-bond acceptors (Lipinski definition) is 5. The minimum Gasteiger partial charge on any atom is -0.487 e. The molecule has 166 valence electrons. The number of anilines is 1. The summed E-state index contributed by atoms with van der Waals surface area (Å²) < 4.78 is 7.55. The first kappa shape index (κ1) is 23.2. The number of rotatable bonds is 6. The van der Waals surface area contributed by atoms with Gasteiger partial charge in [-0.1, -0.05) is 18.2 Å². The van der Waals surface area contributed by atoms with E-state index in [2.05, 4.69) is 50.6 Å². The Morgan fingerprint density at radius 2 is 1.64 bits per heavy atom. The van der Waals surface area contributed by atoms with Gasteiger partial charge < -0.3 is 4.74 Å². The number of amides is 2. The second kappa shape index (κ2) is 9.87. The Hall–Kier alpha value is -3.00. The molecule has 0 saturated carbocycles. The molecule has 0 unspecified atom stereocenters. The number of nitro benzene ring substituents is 1. The van der Waals surface area contributed by atoms with Crippen molar-refractivity contribution in [2.45, 2.75) is 6.61 Å². The van der Waals surface area contributed by atoms with Crippen molar-refractivity contribution in [1.82, 2.24) is 5.43 Å². The molecule has 1 aliphatic heterocycles. The van der Waals surface area contributed by atoms with Crippen LogP contribution in [0.3, 0.4) is 0 Å². The maximum atomic E-state index is 12.8. The van der Waals surface area contributed by atoms with E-state index in [1.165, 1.54) is 17.1 Å². The average molecular weight is 667 g/mol. The fourth-order valence-corrected chi connectivity index (χ4v) is 5.28. The molecule has 3 aromatic carbocycles. The van der Waals surface area contributed by atoms with Gasteiger partial charge in [-0.05, 0) is 98.8 Å². The molecule has 0 atom stereocenters. The number of carbonyl (C=O) groups is 2. The lowest BCUT2D eigenvalue weighted by atomic mass is 10.1. The van der Waals surface area contributed by atoms with Gasteiger partial charge in [0.1, 0.15) is 17.9 Å². The summed E-state index contributed by atoms with van der Waals surface area (Å²) in [7, 11) is 0. The Morgan fingerprint density at radius 3 is 2.24 bits per heavy atom. The zero-order valence-electron chi connectivity index (χ0n) is 16.8. The monoisotopic (exact) mass is 667 g/mol. The van der Waals surface area contributed by atoms with Gasteiger partial charge in [0.05, 0.1) is 17.8 Å². The largest absolute Gasteiger partial charge is 0.487 e. The number of nitrogens with zero attached hydrogens (tertiary/aromatic N) is 2. The van der Waals surface area contributed by atoms with E-state index in [-0.39, 0.29) is 17.9 Å². The van der Waals surface area contributed by atoms with Gasteiger partial charge in [-0.25, -0.2) is 5.01 Å². The number of non-ortho nitro benzene ring substituents is 1. The molecule has 0 spiro atoms. The van der Waals surface area contributed by atoms with E-state index in [9.17, 15) is 19.7 Å². The Bertz CT molecular complexity index is 1250. The highest BCUT2D eigenvalue weighted by molar-refractivity contribution is 14.1. The van der Waals surface area contributed by atoms with E-state index < -0.39 is 16.7 Å². The predicted molar refractivity (Wildman–Crippen MR) is 139 cm³/mol. The minimum atomic E-state index is -0.465. The summed E-state index contributed by atoms with van der Waals surface area (Å²) in [6.45, 7) is 0.247. The summed E-state index contributed by atoms with van der Waals surface area (Å²) in [5.41, 5.74) is 4.73. The summed E-state index contributed by atoms with van der Waals surface area (Å²) in [5, 5.41) is 12.0. The number of carbonyl (C=O) groups excluding carboxylic acids is 2. The van der Waals surface area contributed by atoms with Gasteiger partial charge in [-0.15, -0.1) is 0 Å². The molecule has 1 aliphatic rings. The number of nitrogens with one attached hydrogen (secondary N) is 1. The zero-order valence-corrected chi connectivity index (χ0v) is 21.1. The third kappa shape index (κ3) is 5.16. The molecule has 4 rings (SSSR count). The number of nitro groups is 1. The van der Waals surface area contributed by atoms with Crippen LogP contribution in [0.4, 0.5) is 11.4 Å². The lowest BCUT2D eigenvalue weighted by Gasteiger charge is -2.14. The van der Waals surface area contributed by atoms with Crippen LogP contribution in [0.1, 0.15) is 11.1 Å². The van der Waals surface area contributed by atoms with E-state index in [4.69, 9.17) is 4.74 Å². The number of benzene rings is 3. The lowest BCUT2D eigenvalue weighted by Crippen LogP contribution is -2.35. The molecule has 33 heavy (non-hydrogen) atoms. The highest BCUT2D eigenvalue weighted by Crippen LogP contribution is 2.31. The zero-order chi connectivity index (χ0) is 23.5. The third-order valence-electron chi connectivity index (χ3n) is 4.77. The maximum Gasteiger partial charge on any atom is 0.282 e. The molecule has 0 radical (unpaired) electrons. The van der Waals surface area contributed by atoms with Crippen molar-refractivity contribution in [1.29, 1.82) is 0 Å². The molecule has 0 aliphatic carbocycles. The summed E-state index contributed by atoms with van der Waals surface area (Å²) in [4.78, 5) is 35.5. The first-order valence-corrected chi connectivity index (χ1v) is 11.8. The smallest absolute Gasteiger partial charge is 0.282 e. The molecule has 3 aromatic rings. The van der Waals surface area contributed by atoms with Crippen molar-refractivity contribution >= 4 is 74.4 Å². The molecule has 0 aromatic heterocycles. The second-order valence-corrected chi connectivity index (χ2v) is 9.33. The Labute approximate surface area is 216 Å². The normalized spacial score (nSPS) is 14.5. The number of para-hydroxylation sites is 1. The number of hydrogen-bond donors (Lipinski definition) is 1. The van der Waals surface area contributed by atoms with E-state index in [0.717, 1.165) is 12.7 Å². The first-order valence-electron chi connectivity index (χ1n) is 9.61. The van der Waals surface area contributed by atoms with Crippen molar-refractivity contribution in [2.24, 2.45) is 0 Å². The molecule has 2 amide bonds. The highest BCUT2D eigenvalue weighted by atomic mass is 127. The number of hydrazine groups is 1. The molecule has 0 bridgehead atoms. The molecule has 1 fully saturated rings. The molecule has 1 heterocycles. The van der Waals surface area contributed by atoms with Crippen LogP contribution in [0, 0.1) is 17.3 Å². The quantitative estimate of drug-likeness (QED) is 0.133. The SMILES string of the molecule is O=C1NN(c2ccccc2)C(=O)/C1=C\c1cc(I)c(OCc2ccc([N+](=O)[O-])cc2)c(I)c1. The number of halogens is 2. The van der Waals surface area contributed by atoms with Crippen LogP contribution in [-0.4, -0.2) is 16.7 Å². The van der Waals surface area contributed by atoms with E-state index in [1.807, 2.05) is 18.2 Å². The topological polar surface area (TPSA) is 102 Å². The van der Waals surface area contributed by atoms with Crippen LogP contribution >= 0.6 is 45.2 Å². The van der Waals surface area contributed by atoms with Crippen molar-refractivity contribution in [3.8, 4) is 5.75 Å². The van der Waals surface area contributed by atoms with Crippen molar-refractivity contribution in [2.75, 3.05) is 5.01 Å². The van der Waals surface area contributed by atoms with Gasteiger partial charge >= 0.3 is 0 Å². The molecular formula is C23H15I2N3O5. The lowest BCUT2D eigenvalue weighted by molar-refractivity contribution is -0.384. The summed E-state index contributed by atoms with van der Waals surface area (Å²) in [6.07, 6.45) is 1.56. The van der Waals surface area contributed by atoms with Crippen LogP contribution in [0.2, 0.25) is 0 Å². The standard InChI is InChI=1S/C23H15I2N3O5/c24-19-11-15(10-18-22(29)26-27(23(18)30)16-4-2-1-3-5-16)12-20(25)21(19)33-13-14-6-8-17(9-7-14)28(31)32/h1-12H,13H2,(H,26,29)/b18-10-. The van der Waals surface area contributed by atoms with Crippen LogP contribution in [0.5, 0.6) is 5.75 Å². The molecule has 10 heteroatoms. The first-order chi connectivity index (χ1) is 15.8. The Kier molecular flexibility index (Phi) is 6.93. The highest BCUT2D eigenvalue weighted by Gasteiger charge is 2.34. The molecule has 8 nitrogen and oxygen atoms in total. The van der Waals surface area contributed by atoms with Gasteiger partial charge in [0, 0.05) is 12.1 Å². The summed E-state index contributed by atoms with van der Waals surface area (Å²) in [5.74, 6) is -0.230. The maximum absolute atomic E-state index is 12.8.